The van der Waals surface area contributed by atoms with Crippen LogP contribution in [0.25, 0.3) is 55.8 Å². The van der Waals surface area contributed by atoms with Crippen LogP contribution in [0.4, 0.5) is 17.6 Å². The Morgan fingerprint density at radius 3 is 2.00 bits per heavy atom. The van der Waals surface area contributed by atoms with Crippen LogP contribution in [-0.4, -0.2) is 25.4 Å². The SMILES string of the molecule is C=N/C(=C(\C(=C)c1ccccc1F)c1c(C)c(C)c(-c2c(C(/C=C\C)=C(/C)F)ncnc2-c2ccccc2F)c2nsnc12)c1ccccc1F. The van der Waals surface area contributed by atoms with E-state index in [0.29, 0.717) is 38.9 Å². The average Bonchev–Trinajstić information content (AvgIpc) is 3.60. The zero-order chi connectivity index (χ0) is 36.4. The second kappa shape index (κ2) is 14.5. The van der Waals surface area contributed by atoms with Crippen molar-refractivity contribution >= 4 is 51.9 Å². The molecule has 0 N–H and O–H groups in total. The number of hydrogen-bond donors (Lipinski definition) is 0. The highest BCUT2D eigenvalue weighted by atomic mass is 32.1. The van der Waals surface area contributed by atoms with Crippen LogP contribution in [0.15, 0.2) is 109 Å². The number of hydrogen-bond acceptors (Lipinski definition) is 6. The minimum absolute atomic E-state index is 0.119. The molecule has 254 valence electrons. The number of allylic oxidation sites excluding steroid dienone is 6. The van der Waals surface area contributed by atoms with Crippen molar-refractivity contribution in [3.05, 3.63) is 155 Å². The van der Waals surface area contributed by atoms with Gasteiger partial charge in [0.15, 0.2) is 0 Å². The lowest BCUT2D eigenvalue weighted by Gasteiger charge is -2.23. The smallest absolute Gasteiger partial charge is 0.132 e. The lowest BCUT2D eigenvalue weighted by atomic mass is 9.82. The summed E-state index contributed by atoms with van der Waals surface area (Å²) in [6, 6.07) is 18.4. The second-order valence-electron chi connectivity index (χ2n) is 11.7. The van der Waals surface area contributed by atoms with Gasteiger partial charge in [0.1, 0.15) is 40.6 Å². The summed E-state index contributed by atoms with van der Waals surface area (Å²) < 4.78 is 71.3. The molecule has 0 saturated carbocycles. The van der Waals surface area contributed by atoms with Crippen LogP contribution in [-0.2, 0) is 0 Å². The van der Waals surface area contributed by atoms with Crippen molar-refractivity contribution in [2.24, 2.45) is 4.99 Å². The Kier molecular flexibility index (Phi) is 9.97. The molecule has 4 aromatic carbocycles. The maximum absolute atomic E-state index is 15.5. The Hall–Kier alpha value is -5.87. The van der Waals surface area contributed by atoms with E-state index in [0.717, 1.165) is 11.7 Å². The van der Waals surface area contributed by atoms with E-state index in [1.54, 1.807) is 73.7 Å². The van der Waals surface area contributed by atoms with Gasteiger partial charge in [0.05, 0.1) is 28.8 Å². The van der Waals surface area contributed by atoms with Crippen LogP contribution in [0, 0.1) is 31.3 Å². The highest BCUT2D eigenvalue weighted by Crippen LogP contribution is 2.48. The Labute approximate surface area is 297 Å². The van der Waals surface area contributed by atoms with Gasteiger partial charge in [-0.15, -0.1) is 0 Å². The summed E-state index contributed by atoms with van der Waals surface area (Å²) in [5.74, 6) is -2.15. The molecule has 0 bridgehead atoms. The summed E-state index contributed by atoms with van der Waals surface area (Å²) in [5, 5.41) is 0. The van der Waals surface area contributed by atoms with Crippen molar-refractivity contribution in [3.63, 3.8) is 0 Å². The molecule has 0 atom stereocenters. The Bertz CT molecular complexity index is 2450. The lowest BCUT2D eigenvalue weighted by Crippen LogP contribution is -2.06. The summed E-state index contributed by atoms with van der Waals surface area (Å²) in [4.78, 5) is 13.4. The molecule has 6 rings (SSSR count). The minimum Gasteiger partial charge on any atom is -0.263 e. The average molecular weight is 702 g/mol. The van der Waals surface area contributed by atoms with Crippen molar-refractivity contribution in [2.75, 3.05) is 0 Å². The van der Waals surface area contributed by atoms with E-state index in [9.17, 15) is 0 Å². The molecule has 0 unspecified atom stereocenters. The largest absolute Gasteiger partial charge is 0.263 e. The van der Waals surface area contributed by atoms with Gasteiger partial charge >= 0.3 is 0 Å². The summed E-state index contributed by atoms with van der Waals surface area (Å²) >= 11 is 0.914. The van der Waals surface area contributed by atoms with Gasteiger partial charge in [-0.2, -0.15) is 8.75 Å². The first-order valence-corrected chi connectivity index (χ1v) is 16.6. The van der Waals surface area contributed by atoms with E-state index in [2.05, 4.69) is 28.3 Å². The summed E-state index contributed by atoms with van der Waals surface area (Å²) in [6.45, 7) is 14.8. The second-order valence-corrected chi connectivity index (χ2v) is 12.2. The van der Waals surface area contributed by atoms with E-state index < -0.39 is 23.3 Å². The first kappa shape index (κ1) is 35.0. The molecule has 2 aromatic heterocycles. The maximum atomic E-state index is 15.5. The van der Waals surface area contributed by atoms with E-state index >= 15 is 17.6 Å². The molecular formula is C41H31F4N5S. The van der Waals surface area contributed by atoms with Crippen molar-refractivity contribution in [1.29, 1.82) is 0 Å². The fourth-order valence-corrected chi connectivity index (χ4v) is 6.83. The van der Waals surface area contributed by atoms with Crippen molar-refractivity contribution in [2.45, 2.75) is 27.7 Å². The van der Waals surface area contributed by atoms with Gasteiger partial charge in [-0.1, -0.05) is 61.2 Å². The van der Waals surface area contributed by atoms with E-state index in [-0.39, 0.29) is 50.5 Å². The van der Waals surface area contributed by atoms with E-state index in [4.69, 9.17) is 8.75 Å². The Balaban J connectivity index is 1.80. The molecule has 5 nitrogen and oxygen atoms in total. The number of aromatic nitrogens is 4. The fraction of sp³-hybridized carbons (Fsp3) is 0.0976. The highest BCUT2D eigenvalue weighted by Gasteiger charge is 2.30. The van der Waals surface area contributed by atoms with Crippen LogP contribution < -0.4 is 0 Å². The molecule has 0 fully saturated rings. The molecule has 0 spiro atoms. The minimum atomic E-state index is -0.567. The van der Waals surface area contributed by atoms with Gasteiger partial charge in [0.25, 0.3) is 0 Å². The van der Waals surface area contributed by atoms with Crippen LogP contribution >= 0.6 is 11.7 Å². The molecule has 10 heteroatoms. The first-order chi connectivity index (χ1) is 24.6. The number of aliphatic imine (C=N–C) groups is 1. The van der Waals surface area contributed by atoms with Gasteiger partial charge in [-0.25, -0.2) is 27.5 Å². The van der Waals surface area contributed by atoms with Gasteiger partial charge in [-0.05, 0) is 81.4 Å². The van der Waals surface area contributed by atoms with Crippen molar-refractivity contribution in [3.8, 4) is 22.4 Å². The predicted molar refractivity (Wildman–Crippen MR) is 200 cm³/mol. The molecule has 0 aliphatic rings. The monoisotopic (exact) mass is 701 g/mol. The van der Waals surface area contributed by atoms with E-state index in [1.807, 2.05) is 13.8 Å². The summed E-state index contributed by atoms with van der Waals surface area (Å²) in [5.41, 5.74) is 4.97. The quantitative estimate of drug-likeness (QED) is 0.0651. The van der Waals surface area contributed by atoms with Crippen LogP contribution in [0.3, 0.4) is 0 Å². The zero-order valence-electron chi connectivity index (χ0n) is 28.2. The van der Waals surface area contributed by atoms with E-state index in [1.165, 1.54) is 31.5 Å². The molecule has 0 aliphatic carbocycles. The van der Waals surface area contributed by atoms with Gasteiger partial charge in [0, 0.05) is 44.5 Å². The Morgan fingerprint density at radius 2 is 1.39 bits per heavy atom. The number of rotatable bonds is 9. The molecule has 0 amide bonds. The standard InChI is InChI=1S/C41H31F4N5S/c1-7-14-27(25(5)42)38-36(39(48-21-47-38)29-17-10-13-20-32(29)45)34-23(3)22(2)33(40-41(34)50-51-49-40)35(24(4)26-15-8-11-18-30(26)43)37(46-6)28-16-9-12-19-31(28)44/h7-21H,4,6H2,1-3,5H3/b14-7-,27-25-,37-35+. The molecule has 0 aliphatic heterocycles. The van der Waals surface area contributed by atoms with Crippen LogP contribution in [0.2, 0.25) is 0 Å². The molecule has 6 aromatic rings. The zero-order valence-corrected chi connectivity index (χ0v) is 29.0. The predicted octanol–water partition coefficient (Wildman–Crippen LogP) is 11.4. The van der Waals surface area contributed by atoms with Gasteiger partial charge < -0.3 is 0 Å². The molecule has 0 saturated heterocycles. The third kappa shape index (κ3) is 6.23. The normalized spacial score (nSPS) is 12.6. The van der Waals surface area contributed by atoms with Crippen LogP contribution in [0.5, 0.6) is 0 Å². The lowest BCUT2D eigenvalue weighted by molar-refractivity contribution is 0.624. The third-order valence-electron chi connectivity index (χ3n) is 8.74. The maximum Gasteiger partial charge on any atom is 0.132 e. The van der Waals surface area contributed by atoms with Crippen molar-refractivity contribution < 1.29 is 17.6 Å². The van der Waals surface area contributed by atoms with Gasteiger partial charge in [0.2, 0.25) is 0 Å². The van der Waals surface area contributed by atoms with Crippen molar-refractivity contribution in [1.82, 2.24) is 18.7 Å². The number of halogens is 4. The van der Waals surface area contributed by atoms with Gasteiger partial charge in [-0.3, -0.25) is 4.99 Å². The number of fused-ring (bicyclic) bond motifs is 1. The summed E-state index contributed by atoms with van der Waals surface area (Å²) in [7, 11) is 0. The molecular weight excluding hydrogens is 671 g/mol. The van der Waals surface area contributed by atoms with Crippen LogP contribution in [0.1, 0.15) is 47.4 Å². The summed E-state index contributed by atoms with van der Waals surface area (Å²) in [6.07, 6.45) is 4.55. The fourth-order valence-electron chi connectivity index (χ4n) is 6.27. The number of nitrogens with zero attached hydrogens (tertiary/aromatic N) is 5. The third-order valence-corrected chi connectivity index (χ3v) is 9.26. The number of benzene rings is 4. The highest BCUT2D eigenvalue weighted by molar-refractivity contribution is 7.00. The molecule has 51 heavy (non-hydrogen) atoms. The molecule has 0 radical (unpaired) electrons. The first-order valence-electron chi connectivity index (χ1n) is 15.9. The molecule has 2 heterocycles. The topological polar surface area (TPSA) is 63.9 Å². The Morgan fingerprint density at radius 1 is 0.784 bits per heavy atom.